The average Bonchev–Trinajstić information content (AvgIpc) is 2.80. The Morgan fingerprint density at radius 1 is 1.50 bits per heavy atom. The number of hydrogen-bond donors (Lipinski definition) is 0. The van der Waals surface area contributed by atoms with Gasteiger partial charge in [-0.25, -0.2) is 4.39 Å². The van der Waals surface area contributed by atoms with E-state index in [0.29, 0.717) is 16.5 Å². The predicted octanol–water partition coefficient (Wildman–Crippen LogP) is 3.16. The molecule has 0 saturated heterocycles. The van der Waals surface area contributed by atoms with Crippen LogP contribution in [0.25, 0.3) is 11.4 Å². The maximum absolute atomic E-state index is 13.1. The van der Waals surface area contributed by atoms with E-state index >= 15 is 0 Å². The highest BCUT2D eigenvalue weighted by Gasteiger charge is 2.14. The van der Waals surface area contributed by atoms with Gasteiger partial charge < -0.3 is 4.52 Å². The van der Waals surface area contributed by atoms with Gasteiger partial charge in [0.1, 0.15) is 11.6 Å². The number of Topliss-reactive ketones (excluding diaryl/α,β-unsaturated/α-hetero) is 1. The fraction of sp³-hybridized carbons (Fsp3) is 0.250. The molecular formula is C12H10BrFN2O2. The highest BCUT2D eigenvalue weighted by Crippen LogP contribution is 2.26. The van der Waals surface area contributed by atoms with Crippen LogP contribution in [0.2, 0.25) is 0 Å². The first kappa shape index (κ1) is 12.9. The van der Waals surface area contributed by atoms with Gasteiger partial charge in [-0.15, -0.1) is 0 Å². The standard InChI is InChI=1S/C12H10BrFN2O2/c1-2-8(17)6-11-15-12(16-18-11)9-5-7(14)3-4-10(9)13/h3-5H,2,6H2,1H3. The molecule has 0 bridgehead atoms. The van der Waals surface area contributed by atoms with Crippen molar-refractivity contribution in [3.63, 3.8) is 0 Å². The molecule has 0 N–H and O–H groups in total. The molecule has 6 heteroatoms. The van der Waals surface area contributed by atoms with Crippen LogP contribution in [0, 0.1) is 5.82 Å². The monoisotopic (exact) mass is 312 g/mol. The molecule has 2 aromatic rings. The van der Waals surface area contributed by atoms with Crippen molar-refractivity contribution in [2.24, 2.45) is 0 Å². The lowest BCUT2D eigenvalue weighted by Crippen LogP contribution is -2.00. The predicted molar refractivity (Wildman–Crippen MR) is 66.4 cm³/mol. The van der Waals surface area contributed by atoms with Crippen LogP contribution in [0.3, 0.4) is 0 Å². The third-order valence-corrected chi connectivity index (χ3v) is 3.07. The molecule has 0 atom stereocenters. The summed E-state index contributed by atoms with van der Waals surface area (Å²) in [4.78, 5) is 15.3. The Bertz CT molecular complexity index is 583. The van der Waals surface area contributed by atoms with Crippen molar-refractivity contribution in [1.82, 2.24) is 10.1 Å². The number of benzene rings is 1. The van der Waals surface area contributed by atoms with Crippen LogP contribution in [-0.4, -0.2) is 15.9 Å². The Morgan fingerprint density at radius 2 is 2.28 bits per heavy atom. The topological polar surface area (TPSA) is 56.0 Å². The number of rotatable bonds is 4. The first-order valence-electron chi connectivity index (χ1n) is 5.40. The molecule has 0 radical (unpaired) electrons. The molecule has 0 aliphatic carbocycles. The fourth-order valence-electron chi connectivity index (χ4n) is 1.40. The smallest absolute Gasteiger partial charge is 0.234 e. The second-order valence-corrected chi connectivity index (χ2v) is 4.56. The van der Waals surface area contributed by atoms with Gasteiger partial charge in [0.15, 0.2) is 0 Å². The molecule has 18 heavy (non-hydrogen) atoms. The zero-order valence-electron chi connectivity index (χ0n) is 9.61. The van der Waals surface area contributed by atoms with E-state index in [1.165, 1.54) is 12.1 Å². The van der Waals surface area contributed by atoms with Crippen LogP contribution in [0.5, 0.6) is 0 Å². The molecule has 1 aromatic carbocycles. The Kier molecular flexibility index (Phi) is 3.86. The van der Waals surface area contributed by atoms with E-state index in [9.17, 15) is 9.18 Å². The third kappa shape index (κ3) is 2.81. The van der Waals surface area contributed by atoms with Crippen molar-refractivity contribution in [3.8, 4) is 11.4 Å². The van der Waals surface area contributed by atoms with Crippen LogP contribution in [0.1, 0.15) is 19.2 Å². The number of nitrogens with zero attached hydrogens (tertiary/aromatic N) is 2. The third-order valence-electron chi connectivity index (χ3n) is 2.38. The second-order valence-electron chi connectivity index (χ2n) is 3.70. The van der Waals surface area contributed by atoms with Gasteiger partial charge in [-0.2, -0.15) is 4.98 Å². The van der Waals surface area contributed by atoms with Gasteiger partial charge in [-0.05, 0) is 18.2 Å². The maximum Gasteiger partial charge on any atom is 0.234 e. The molecule has 0 aliphatic heterocycles. The second kappa shape index (κ2) is 5.39. The van der Waals surface area contributed by atoms with Crippen molar-refractivity contribution in [3.05, 3.63) is 34.4 Å². The molecule has 1 heterocycles. The molecule has 0 unspecified atom stereocenters. The summed E-state index contributed by atoms with van der Waals surface area (Å²) in [5.74, 6) is 0.140. The summed E-state index contributed by atoms with van der Waals surface area (Å²) >= 11 is 3.29. The maximum atomic E-state index is 13.1. The van der Waals surface area contributed by atoms with E-state index in [-0.39, 0.29) is 29.7 Å². The van der Waals surface area contributed by atoms with E-state index in [1.54, 1.807) is 13.0 Å². The van der Waals surface area contributed by atoms with Crippen LogP contribution < -0.4 is 0 Å². The zero-order valence-corrected chi connectivity index (χ0v) is 11.2. The van der Waals surface area contributed by atoms with Crippen LogP contribution >= 0.6 is 15.9 Å². The zero-order chi connectivity index (χ0) is 13.1. The van der Waals surface area contributed by atoms with E-state index in [1.807, 2.05) is 0 Å². The lowest BCUT2D eigenvalue weighted by atomic mass is 10.2. The van der Waals surface area contributed by atoms with Crippen molar-refractivity contribution in [2.75, 3.05) is 0 Å². The summed E-state index contributed by atoms with van der Waals surface area (Å²) < 4.78 is 18.8. The van der Waals surface area contributed by atoms with Crippen LogP contribution in [0.15, 0.2) is 27.2 Å². The van der Waals surface area contributed by atoms with Crippen molar-refractivity contribution in [1.29, 1.82) is 0 Å². The normalized spacial score (nSPS) is 10.6. The van der Waals surface area contributed by atoms with E-state index < -0.39 is 0 Å². The van der Waals surface area contributed by atoms with Crippen LogP contribution in [-0.2, 0) is 11.2 Å². The SMILES string of the molecule is CCC(=O)Cc1nc(-c2cc(F)ccc2Br)no1. The van der Waals surface area contributed by atoms with E-state index in [2.05, 4.69) is 26.1 Å². The van der Waals surface area contributed by atoms with Crippen LogP contribution in [0.4, 0.5) is 4.39 Å². The first-order chi connectivity index (χ1) is 8.60. The van der Waals surface area contributed by atoms with Crippen molar-refractivity contribution in [2.45, 2.75) is 19.8 Å². The molecule has 94 valence electrons. The van der Waals surface area contributed by atoms with Gasteiger partial charge in [0.2, 0.25) is 11.7 Å². The van der Waals surface area contributed by atoms with Crippen molar-refractivity contribution >= 4 is 21.7 Å². The van der Waals surface area contributed by atoms with E-state index in [4.69, 9.17) is 4.52 Å². The van der Waals surface area contributed by atoms with E-state index in [0.717, 1.165) is 0 Å². The van der Waals surface area contributed by atoms with Gasteiger partial charge in [0.05, 0.1) is 6.42 Å². The van der Waals surface area contributed by atoms with Gasteiger partial charge in [0, 0.05) is 16.5 Å². The molecule has 0 saturated carbocycles. The molecule has 0 spiro atoms. The Labute approximate surface area is 111 Å². The summed E-state index contributed by atoms with van der Waals surface area (Å²) in [6.07, 6.45) is 0.526. The minimum Gasteiger partial charge on any atom is -0.338 e. The molecule has 2 rings (SSSR count). The molecule has 1 aromatic heterocycles. The molecular weight excluding hydrogens is 303 g/mol. The number of hydrogen-bond acceptors (Lipinski definition) is 4. The number of aromatic nitrogens is 2. The summed E-state index contributed by atoms with van der Waals surface area (Å²) in [6, 6.07) is 4.20. The number of halogens is 2. The molecule has 0 amide bonds. The summed E-state index contributed by atoms with van der Waals surface area (Å²) in [5, 5.41) is 3.74. The number of carbonyl (C=O) groups excluding carboxylic acids is 1. The number of carbonyl (C=O) groups is 1. The summed E-state index contributed by atoms with van der Waals surface area (Å²) in [6.45, 7) is 1.77. The lowest BCUT2D eigenvalue weighted by Gasteiger charge is -1.98. The Morgan fingerprint density at radius 3 is 3.00 bits per heavy atom. The lowest BCUT2D eigenvalue weighted by molar-refractivity contribution is -0.118. The first-order valence-corrected chi connectivity index (χ1v) is 6.19. The van der Waals surface area contributed by atoms with Gasteiger partial charge in [-0.3, -0.25) is 4.79 Å². The van der Waals surface area contributed by atoms with Gasteiger partial charge >= 0.3 is 0 Å². The number of ketones is 1. The van der Waals surface area contributed by atoms with Crippen molar-refractivity contribution < 1.29 is 13.7 Å². The average molecular weight is 313 g/mol. The summed E-state index contributed by atoms with van der Waals surface area (Å²) in [5.41, 5.74) is 0.494. The molecule has 4 nitrogen and oxygen atoms in total. The van der Waals surface area contributed by atoms with Gasteiger partial charge in [-0.1, -0.05) is 28.0 Å². The van der Waals surface area contributed by atoms with Gasteiger partial charge in [0.25, 0.3) is 0 Å². The highest BCUT2D eigenvalue weighted by atomic mass is 79.9. The Balaban J connectivity index is 2.29. The quantitative estimate of drug-likeness (QED) is 0.870. The Hall–Kier alpha value is -1.56. The minimum atomic E-state index is -0.385. The fourth-order valence-corrected chi connectivity index (χ4v) is 1.82. The summed E-state index contributed by atoms with van der Waals surface area (Å²) in [7, 11) is 0. The largest absolute Gasteiger partial charge is 0.338 e. The molecule has 0 fully saturated rings. The molecule has 0 aliphatic rings. The highest BCUT2D eigenvalue weighted by molar-refractivity contribution is 9.10. The minimum absolute atomic E-state index is 0.0171.